The number of carboxylic acid groups (broad SMARTS) is 1. The van der Waals surface area contributed by atoms with E-state index in [0.29, 0.717) is 5.69 Å². The van der Waals surface area contributed by atoms with Gasteiger partial charge in [-0.3, -0.25) is 0 Å². The van der Waals surface area contributed by atoms with Crippen molar-refractivity contribution >= 4 is 23.5 Å². The molecule has 8 nitrogen and oxygen atoms in total. The number of hydrogen-bond donors (Lipinski definition) is 1. The van der Waals surface area contributed by atoms with Crippen molar-refractivity contribution in [2.24, 2.45) is 0 Å². The second-order valence-electron chi connectivity index (χ2n) is 3.22. The lowest BCUT2D eigenvalue weighted by molar-refractivity contribution is -0.394. The summed E-state index contributed by atoms with van der Waals surface area (Å²) in [7, 11) is 0. The Bertz CT molecular complexity index is 639. The minimum atomic E-state index is -1.12. The highest BCUT2D eigenvalue weighted by Gasteiger charge is 2.17. The molecule has 0 saturated heterocycles. The highest BCUT2D eigenvalue weighted by atomic mass is 35.5. The van der Waals surface area contributed by atoms with Crippen LogP contribution in [-0.4, -0.2) is 30.8 Å². The molecule has 2 rings (SSSR count). The summed E-state index contributed by atoms with van der Waals surface area (Å²) in [6.45, 7) is 0. The molecule has 1 aromatic heterocycles. The fourth-order valence-electron chi connectivity index (χ4n) is 1.28. The molecule has 18 heavy (non-hydrogen) atoms. The third-order valence-electron chi connectivity index (χ3n) is 2.08. The summed E-state index contributed by atoms with van der Waals surface area (Å²) >= 11 is 5.88. The number of benzene rings is 1. The van der Waals surface area contributed by atoms with Crippen molar-refractivity contribution in [2.45, 2.75) is 0 Å². The normalized spacial score (nSPS) is 10.3. The standard InChI is InChI=1S/C9H5ClN4O4/c10-6-3-5(8(15)16)1-2-7(6)13-4-11-9(12-13)14(17)18/h1-4H,(H,15,16). The molecule has 0 bridgehead atoms. The lowest BCUT2D eigenvalue weighted by Gasteiger charge is -2.01. The van der Waals surface area contributed by atoms with Crippen LogP contribution in [0.4, 0.5) is 5.95 Å². The molecule has 0 aliphatic heterocycles. The minimum absolute atomic E-state index is 0.0124. The molecule has 1 heterocycles. The van der Waals surface area contributed by atoms with E-state index in [-0.39, 0.29) is 10.6 Å². The first-order valence-electron chi connectivity index (χ1n) is 4.58. The zero-order valence-electron chi connectivity index (χ0n) is 8.65. The lowest BCUT2D eigenvalue weighted by Crippen LogP contribution is -2.01. The molecule has 1 aromatic carbocycles. The molecule has 0 aliphatic carbocycles. The zero-order valence-corrected chi connectivity index (χ0v) is 9.40. The molecule has 1 N–H and O–H groups in total. The summed E-state index contributed by atoms with van der Waals surface area (Å²) in [6.07, 6.45) is 1.12. The maximum Gasteiger partial charge on any atom is 0.491 e. The van der Waals surface area contributed by atoms with Crippen molar-refractivity contribution < 1.29 is 14.8 Å². The molecule has 2 aromatic rings. The van der Waals surface area contributed by atoms with E-state index in [4.69, 9.17) is 16.7 Å². The van der Waals surface area contributed by atoms with E-state index in [1.54, 1.807) is 0 Å². The van der Waals surface area contributed by atoms with E-state index >= 15 is 0 Å². The van der Waals surface area contributed by atoms with Crippen molar-refractivity contribution in [1.82, 2.24) is 14.8 Å². The van der Waals surface area contributed by atoms with Gasteiger partial charge in [0.2, 0.25) is 6.33 Å². The van der Waals surface area contributed by atoms with Crippen LogP contribution in [-0.2, 0) is 0 Å². The first-order valence-corrected chi connectivity index (χ1v) is 4.96. The molecule has 0 aliphatic rings. The van der Waals surface area contributed by atoms with Gasteiger partial charge in [0.1, 0.15) is 5.69 Å². The molecule has 0 fully saturated rings. The van der Waals surface area contributed by atoms with Crippen molar-refractivity contribution in [2.75, 3.05) is 0 Å². The topological polar surface area (TPSA) is 111 Å². The summed E-state index contributed by atoms with van der Waals surface area (Å²) in [6, 6.07) is 3.94. The number of rotatable bonds is 3. The van der Waals surface area contributed by atoms with Crippen molar-refractivity contribution in [3.8, 4) is 5.69 Å². The maximum atomic E-state index is 10.7. The Labute approximate surface area is 105 Å². The molecule has 92 valence electrons. The predicted molar refractivity (Wildman–Crippen MR) is 60.0 cm³/mol. The Balaban J connectivity index is 2.44. The van der Waals surface area contributed by atoms with Gasteiger partial charge in [0.15, 0.2) is 0 Å². The first-order chi connectivity index (χ1) is 8.49. The highest BCUT2D eigenvalue weighted by Crippen LogP contribution is 2.21. The first kappa shape index (κ1) is 12.0. The Morgan fingerprint density at radius 3 is 2.72 bits per heavy atom. The third-order valence-corrected chi connectivity index (χ3v) is 2.39. The fourth-order valence-corrected chi connectivity index (χ4v) is 1.55. The monoisotopic (exact) mass is 268 g/mol. The Kier molecular flexibility index (Phi) is 2.94. The number of carboxylic acids is 1. The molecular formula is C9H5ClN4O4. The van der Waals surface area contributed by atoms with Crippen LogP contribution in [0.1, 0.15) is 10.4 Å². The van der Waals surface area contributed by atoms with Crippen molar-refractivity contribution in [1.29, 1.82) is 0 Å². The van der Waals surface area contributed by atoms with Gasteiger partial charge in [-0.2, -0.15) is 0 Å². The van der Waals surface area contributed by atoms with Crippen LogP contribution in [0.25, 0.3) is 5.69 Å². The molecular weight excluding hydrogens is 264 g/mol. The van der Waals surface area contributed by atoms with Crippen molar-refractivity contribution in [3.63, 3.8) is 0 Å². The SMILES string of the molecule is O=C(O)c1ccc(-n2cnc([N+](=O)[O-])n2)c(Cl)c1. The average Bonchev–Trinajstić information content (AvgIpc) is 2.78. The second kappa shape index (κ2) is 4.41. The molecule has 0 spiro atoms. The quantitative estimate of drug-likeness (QED) is 0.667. The van der Waals surface area contributed by atoms with Gasteiger partial charge < -0.3 is 15.2 Å². The average molecular weight is 269 g/mol. The van der Waals surface area contributed by atoms with E-state index in [1.165, 1.54) is 18.2 Å². The van der Waals surface area contributed by atoms with Gasteiger partial charge in [0, 0.05) is 5.10 Å². The largest absolute Gasteiger partial charge is 0.491 e. The number of nitrogens with zero attached hydrogens (tertiary/aromatic N) is 4. The molecule has 0 atom stereocenters. The summed E-state index contributed by atoms with van der Waals surface area (Å²) in [5.74, 6) is -1.68. The van der Waals surface area contributed by atoms with Gasteiger partial charge >= 0.3 is 11.9 Å². The summed E-state index contributed by atoms with van der Waals surface area (Å²) in [5.41, 5.74) is 0.320. The van der Waals surface area contributed by atoms with E-state index in [9.17, 15) is 14.9 Å². The Hall–Kier alpha value is -2.48. The minimum Gasteiger partial charge on any atom is -0.478 e. The van der Waals surface area contributed by atoms with Crippen LogP contribution < -0.4 is 0 Å². The molecule has 0 amide bonds. The van der Waals surface area contributed by atoms with E-state index in [1.807, 2.05) is 0 Å². The third kappa shape index (κ3) is 2.13. The number of nitro groups is 1. The highest BCUT2D eigenvalue weighted by molar-refractivity contribution is 6.32. The number of halogens is 1. The van der Waals surface area contributed by atoms with Crippen LogP contribution in [0, 0.1) is 10.1 Å². The maximum absolute atomic E-state index is 10.7. The van der Waals surface area contributed by atoms with Crippen LogP contribution >= 0.6 is 11.6 Å². The van der Waals surface area contributed by atoms with Crippen LogP contribution in [0.5, 0.6) is 0 Å². The number of hydrogen-bond acceptors (Lipinski definition) is 5. The lowest BCUT2D eigenvalue weighted by atomic mass is 10.2. The predicted octanol–water partition coefficient (Wildman–Crippen LogP) is 1.53. The van der Waals surface area contributed by atoms with Gasteiger partial charge in [-0.15, -0.1) is 4.68 Å². The molecule has 0 unspecified atom stereocenters. The van der Waals surface area contributed by atoms with Crippen LogP contribution in [0.3, 0.4) is 0 Å². The Morgan fingerprint density at radius 1 is 1.50 bits per heavy atom. The number of carbonyl (C=O) groups is 1. The van der Waals surface area contributed by atoms with Crippen molar-refractivity contribution in [3.05, 3.63) is 45.2 Å². The zero-order chi connectivity index (χ0) is 13.3. The second-order valence-corrected chi connectivity index (χ2v) is 3.62. The van der Waals surface area contributed by atoms with E-state index in [0.717, 1.165) is 11.0 Å². The number of aromatic carboxylic acids is 1. The smallest absolute Gasteiger partial charge is 0.478 e. The molecule has 0 radical (unpaired) electrons. The van der Waals surface area contributed by atoms with Gasteiger partial charge in [0.25, 0.3) is 0 Å². The summed E-state index contributed by atoms with van der Waals surface area (Å²) in [5, 5.41) is 22.9. The summed E-state index contributed by atoms with van der Waals surface area (Å²) < 4.78 is 1.10. The molecule has 0 saturated carbocycles. The van der Waals surface area contributed by atoms with Gasteiger partial charge in [-0.05, 0) is 23.1 Å². The van der Waals surface area contributed by atoms with E-state index < -0.39 is 16.8 Å². The van der Waals surface area contributed by atoms with E-state index in [2.05, 4.69) is 10.1 Å². The van der Waals surface area contributed by atoms with Crippen LogP contribution in [0.15, 0.2) is 24.5 Å². The fraction of sp³-hybridized carbons (Fsp3) is 0. The number of aromatic nitrogens is 3. The van der Waals surface area contributed by atoms with Gasteiger partial charge in [-0.25, -0.2) is 4.79 Å². The summed E-state index contributed by atoms with van der Waals surface area (Å²) in [4.78, 5) is 23.9. The van der Waals surface area contributed by atoms with Gasteiger partial charge in [-0.1, -0.05) is 16.6 Å². The van der Waals surface area contributed by atoms with Crippen LogP contribution in [0.2, 0.25) is 5.02 Å². The molecule has 9 heteroatoms. The Morgan fingerprint density at radius 2 is 2.22 bits per heavy atom. The van der Waals surface area contributed by atoms with Gasteiger partial charge in [0.05, 0.1) is 10.6 Å².